The second-order valence-corrected chi connectivity index (χ2v) is 7.42. The molecule has 8 nitrogen and oxygen atoms in total. The summed E-state index contributed by atoms with van der Waals surface area (Å²) in [6, 6.07) is 3.63. The lowest BCUT2D eigenvalue weighted by Gasteiger charge is -2.12. The van der Waals surface area contributed by atoms with Gasteiger partial charge in [0.15, 0.2) is 0 Å². The van der Waals surface area contributed by atoms with Gasteiger partial charge in [-0.1, -0.05) is 6.07 Å². The average Bonchev–Trinajstić information content (AvgIpc) is 2.11. The molecule has 11 heteroatoms. The number of nitrogens with one attached hydrogen (secondary N) is 2. The lowest BCUT2D eigenvalue weighted by molar-refractivity contribution is 0.426. The van der Waals surface area contributed by atoms with E-state index in [0.717, 1.165) is 18.6 Å². The Hall–Kier alpha value is -1.30. The fraction of sp³-hybridized carbons (Fsp3) is 0.250. The van der Waals surface area contributed by atoms with Crippen LogP contribution in [-0.4, -0.2) is 46.5 Å². The van der Waals surface area contributed by atoms with E-state index in [1.165, 1.54) is 12.1 Å². The molecular formula is C8H13BN2O6S2. The zero-order chi connectivity index (χ0) is 14.8. The first-order valence-electron chi connectivity index (χ1n) is 4.93. The summed E-state index contributed by atoms with van der Waals surface area (Å²) in [5.41, 5.74) is -0.117. The summed E-state index contributed by atoms with van der Waals surface area (Å²) in [7, 11) is -9.06. The summed E-state index contributed by atoms with van der Waals surface area (Å²) in [6.45, 7) is 0. The highest BCUT2D eigenvalue weighted by Crippen LogP contribution is 2.15. The van der Waals surface area contributed by atoms with Crippen LogP contribution in [0.3, 0.4) is 0 Å². The summed E-state index contributed by atoms with van der Waals surface area (Å²) in [6.07, 6.45) is 1.82. The molecular weight excluding hydrogens is 295 g/mol. The molecule has 1 aromatic rings. The van der Waals surface area contributed by atoms with Crippen molar-refractivity contribution in [1.29, 1.82) is 0 Å². The van der Waals surface area contributed by atoms with E-state index in [1.807, 2.05) is 0 Å². The third kappa shape index (κ3) is 5.47. The van der Waals surface area contributed by atoms with E-state index < -0.39 is 27.2 Å². The fourth-order valence-electron chi connectivity index (χ4n) is 1.35. The smallest absolute Gasteiger partial charge is 0.423 e. The van der Waals surface area contributed by atoms with Crippen molar-refractivity contribution in [2.24, 2.45) is 0 Å². The van der Waals surface area contributed by atoms with Crippen molar-refractivity contribution in [1.82, 2.24) is 0 Å². The molecule has 0 radical (unpaired) electrons. The van der Waals surface area contributed by atoms with Gasteiger partial charge in [0.1, 0.15) is 0 Å². The monoisotopic (exact) mass is 308 g/mol. The molecule has 0 atom stereocenters. The molecule has 0 aromatic heterocycles. The first-order valence-corrected chi connectivity index (χ1v) is 8.72. The van der Waals surface area contributed by atoms with E-state index in [0.29, 0.717) is 0 Å². The number of anilines is 2. The minimum atomic E-state index is -3.64. The van der Waals surface area contributed by atoms with Gasteiger partial charge in [-0.25, -0.2) is 16.8 Å². The zero-order valence-electron chi connectivity index (χ0n) is 10.2. The molecule has 19 heavy (non-hydrogen) atoms. The van der Waals surface area contributed by atoms with E-state index >= 15 is 0 Å². The lowest BCUT2D eigenvalue weighted by atomic mass is 9.79. The highest BCUT2D eigenvalue weighted by molar-refractivity contribution is 7.92. The molecule has 0 amide bonds. The summed E-state index contributed by atoms with van der Waals surface area (Å²) >= 11 is 0. The van der Waals surface area contributed by atoms with Gasteiger partial charge in [-0.15, -0.1) is 0 Å². The van der Waals surface area contributed by atoms with Gasteiger partial charge in [-0.2, -0.15) is 0 Å². The van der Waals surface area contributed by atoms with Gasteiger partial charge < -0.3 is 10.0 Å². The van der Waals surface area contributed by atoms with Crippen LogP contribution in [-0.2, 0) is 20.0 Å². The van der Waals surface area contributed by atoms with Gasteiger partial charge in [0.25, 0.3) is 0 Å². The van der Waals surface area contributed by atoms with E-state index in [2.05, 4.69) is 9.44 Å². The van der Waals surface area contributed by atoms with Crippen LogP contribution >= 0.6 is 0 Å². The molecule has 0 unspecified atom stereocenters. The molecule has 4 N–H and O–H groups in total. The topological polar surface area (TPSA) is 133 Å². The standard InChI is InChI=1S/C8H13BN2O6S2/c1-18(14,15)10-6-3-4-7(9(12)13)8(5-6)11-19(2,16)17/h3-5,10-13H,1-2H3. The maximum absolute atomic E-state index is 11.2. The number of hydrogen-bond acceptors (Lipinski definition) is 6. The zero-order valence-corrected chi connectivity index (χ0v) is 11.8. The molecule has 0 saturated heterocycles. The van der Waals surface area contributed by atoms with Crippen LogP contribution in [0.15, 0.2) is 18.2 Å². The molecule has 0 spiro atoms. The van der Waals surface area contributed by atoms with Crippen molar-refractivity contribution in [3.63, 3.8) is 0 Å². The first-order chi connectivity index (χ1) is 8.48. The third-order valence-electron chi connectivity index (χ3n) is 1.93. The van der Waals surface area contributed by atoms with Gasteiger partial charge in [0.05, 0.1) is 23.9 Å². The van der Waals surface area contributed by atoms with Gasteiger partial charge in [0.2, 0.25) is 20.0 Å². The predicted molar refractivity (Wildman–Crippen MR) is 73.2 cm³/mol. The van der Waals surface area contributed by atoms with Crippen molar-refractivity contribution in [3.05, 3.63) is 18.2 Å². The fourth-order valence-corrected chi connectivity index (χ4v) is 2.48. The van der Waals surface area contributed by atoms with Gasteiger partial charge >= 0.3 is 7.12 Å². The number of sulfonamides is 2. The predicted octanol–water partition coefficient (Wildman–Crippen LogP) is -1.89. The summed E-state index contributed by atoms with van der Waals surface area (Å²) < 4.78 is 48.7. The van der Waals surface area contributed by atoms with E-state index in [-0.39, 0.29) is 16.8 Å². The third-order valence-corrected chi connectivity index (χ3v) is 3.13. The molecule has 106 valence electrons. The van der Waals surface area contributed by atoms with Crippen molar-refractivity contribution in [3.8, 4) is 0 Å². The molecule has 0 heterocycles. The molecule has 0 aliphatic rings. The van der Waals surface area contributed by atoms with Crippen molar-refractivity contribution in [2.75, 3.05) is 22.0 Å². The van der Waals surface area contributed by atoms with Crippen LogP contribution in [0.1, 0.15) is 0 Å². The number of hydrogen-bond donors (Lipinski definition) is 4. The highest BCUT2D eigenvalue weighted by atomic mass is 32.2. The Kier molecular flexibility index (Phi) is 4.45. The molecule has 0 bridgehead atoms. The molecule has 0 saturated carbocycles. The van der Waals surface area contributed by atoms with Gasteiger partial charge in [-0.3, -0.25) is 9.44 Å². The van der Waals surface area contributed by atoms with E-state index in [4.69, 9.17) is 10.0 Å². The summed E-state index contributed by atoms with van der Waals surface area (Å²) in [5.74, 6) is 0. The van der Waals surface area contributed by atoms with Gasteiger partial charge in [-0.05, 0) is 12.1 Å². The Bertz CT molecular complexity index is 670. The summed E-state index contributed by atoms with van der Waals surface area (Å²) in [4.78, 5) is 0. The second-order valence-electron chi connectivity index (χ2n) is 3.92. The minimum absolute atomic E-state index is 0.0931. The normalized spacial score (nSPS) is 12.0. The SMILES string of the molecule is CS(=O)(=O)Nc1ccc(B(O)O)c(NS(C)(=O)=O)c1. The Labute approximate surface area is 111 Å². The Morgan fingerprint density at radius 1 is 1.00 bits per heavy atom. The van der Waals surface area contributed by atoms with Crippen LogP contribution in [0.25, 0.3) is 0 Å². The Morgan fingerprint density at radius 3 is 1.95 bits per heavy atom. The Balaban J connectivity index is 3.26. The number of rotatable bonds is 5. The van der Waals surface area contributed by atoms with E-state index in [1.54, 1.807) is 0 Å². The minimum Gasteiger partial charge on any atom is -0.423 e. The van der Waals surface area contributed by atoms with Crippen LogP contribution in [0.5, 0.6) is 0 Å². The highest BCUT2D eigenvalue weighted by Gasteiger charge is 2.19. The van der Waals surface area contributed by atoms with Crippen molar-refractivity contribution in [2.45, 2.75) is 0 Å². The van der Waals surface area contributed by atoms with Crippen LogP contribution in [0.2, 0.25) is 0 Å². The van der Waals surface area contributed by atoms with Crippen molar-refractivity contribution >= 4 is 44.0 Å². The van der Waals surface area contributed by atoms with Crippen LogP contribution in [0.4, 0.5) is 11.4 Å². The largest absolute Gasteiger partial charge is 0.490 e. The van der Waals surface area contributed by atoms with Gasteiger partial charge in [0, 0.05) is 5.46 Å². The summed E-state index contributed by atoms with van der Waals surface area (Å²) in [5, 5.41) is 18.2. The van der Waals surface area contributed by atoms with Crippen molar-refractivity contribution < 1.29 is 26.9 Å². The van der Waals surface area contributed by atoms with Crippen LogP contribution < -0.4 is 14.9 Å². The molecule has 0 fully saturated rings. The van der Waals surface area contributed by atoms with E-state index in [9.17, 15) is 16.8 Å². The number of benzene rings is 1. The molecule has 1 rings (SSSR count). The Morgan fingerprint density at radius 2 is 1.53 bits per heavy atom. The average molecular weight is 308 g/mol. The molecule has 0 aliphatic heterocycles. The second kappa shape index (κ2) is 5.37. The molecule has 1 aromatic carbocycles. The maximum atomic E-state index is 11.2. The molecule has 0 aliphatic carbocycles. The quantitative estimate of drug-likeness (QED) is 0.470. The lowest BCUT2D eigenvalue weighted by Crippen LogP contribution is -2.33. The first kappa shape index (κ1) is 15.8. The van der Waals surface area contributed by atoms with Crippen LogP contribution in [0, 0.1) is 0 Å². The maximum Gasteiger partial charge on any atom is 0.490 e.